The second-order valence-electron chi connectivity index (χ2n) is 9.99. The molecule has 36 heavy (non-hydrogen) atoms. The fourth-order valence-corrected chi connectivity index (χ4v) is 4.79. The maximum absolute atomic E-state index is 13.0. The van der Waals surface area contributed by atoms with Crippen LogP contribution in [-0.2, 0) is 4.79 Å². The zero-order chi connectivity index (χ0) is 25.5. The topological polar surface area (TPSA) is 77.1 Å². The predicted octanol–water partition coefficient (Wildman–Crippen LogP) is 4.59. The van der Waals surface area contributed by atoms with Crippen molar-refractivity contribution in [3.8, 4) is 17.2 Å². The second kappa shape index (κ2) is 12.3. The third-order valence-electron chi connectivity index (χ3n) is 6.82. The number of hydrogen-bond acceptors (Lipinski definition) is 6. The fourth-order valence-electron chi connectivity index (χ4n) is 4.79. The number of nitrogens with one attached hydrogen (secondary N) is 1. The molecule has 194 valence electrons. The van der Waals surface area contributed by atoms with Crippen LogP contribution in [0.5, 0.6) is 17.2 Å². The number of amides is 1. The average molecular weight is 495 g/mol. The number of nitrogens with zero attached hydrogens (tertiary/aromatic N) is 1. The summed E-state index contributed by atoms with van der Waals surface area (Å²) < 4.78 is 17.1. The van der Waals surface area contributed by atoms with Gasteiger partial charge >= 0.3 is 0 Å². The molecule has 1 unspecified atom stereocenters. The zero-order valence-electron chi connectivity index (χ0n) is 21.6. The van der Waals surface area contributed by atoms with Crippen LogP contribution in [0.1, 0.15) is 68.3 Å². The quantitative estimate of drug-likeness (QED) is 0.461. The summed E-state index contributed by atoms with van der Waals surface area (Å²) in [5.74, 6) is 2.19. The molecule has 1 saturated heterocycles. The third kappa shape index (κ3) is 7.00. The normalized spacial score (nSPS) is 17.0. The van der Waals surface area contributed by atoms with Crippen molar-refractivity contribution < 1.29 is 23.8 Å². The summed E-state index contributed by atoms with van der Waals surface area (Å²) in [6.45, 7) is 10.0. The molecule has 0 aromatic heterocycles. The van der Waals surface area contributed by atoms with Crippen LogP contribution in [0, 0.1) is 0 Å². The highest BCUT2D eigenvalue weighted by atomic mass is 16.6. The van der Waals surface area contributed by atoms with Gasteiger partial charge in [0.05, 0.1) is 6.10 Å². The highest BCUT2D eigenvalue weighted by molar-refractivity contribution is 5.98. The third-order valence-corrected chi connectivity index (χ3v) is 6.82. The second-order valence-corrected chi connectivity index (χ2v) is 9.99. The summed E-state index contributed by atoms with van der Waals surface area (Å²) in [4.78, 5) is 28.1. The zero-order valence-corrected chi connectivity index (χ0v) is 21.6. The number of ether oxygens (including phenoxy) is 3. The molecular formula is C29H38N2O5. The van der Waals surface area contributed by atoms with Gasteiger partial charge in [-0.3, -0.25) is 9.59 Å². The highest BCUT2D eigenvalue weighted by Gasteiger charge is 2.26. The Morgan fingerprint density at radius 2 is 1.64 bits per heavy atom. The minimum atomic E-state index is -0.100. The Bertz CT molecular complexity index is 1030. The van der Waals surface area contributed by atoms with Gasteiger partial charge in [0.2, 0.25) is 5.91 Å². The molecule has 0 radical (unpaired) electrons. The molecule has 1 fully saturated rings. The summed E-state index contributed by atoms with van der Waals surface area (Å²) in [5, 5.41) is 3.23. The van der Waals surface area contributed by atoms with Crippen LogP contribution in [-0.4, -0.2) is 61.6 Å². The first-order chi connectivity index (χ1) is 17.4. The van der Waals surface area contributed by atoms with Crippen LogP contribution >= 0.6 is 0 Å². The molecule has 1 N–H and O–H groups in total. The van der Waals surface area contributed by atoms with E-state index in [4.69, 9.17) is 14.2 Å². The average Bonchev–Trinajstić information content (AvgIpc) is 3.39. The molecule has 2 aromatic carbocycles. The van der Waals surface area contributed by atoms with Crippen molar-refractivity contribution in [2.75, 3.05) is 32.8 Å². The van der Waals surface area contributed by atoms with Gasteiger partial charge in [-0.15, -0.1) is 0 Å². The van der Waals surface area contributed by atoms with Crippen LogP contribution in [0.25, 0.3) is 0 Å². The van der Waals surface area contributed by atoms with E-state index in [0.29, 0.717) is 18.8 Å². The maximum atomic E-state index is 13.0. The molecule has 2 aliphatic heterocycles. The Labute approximate surface area is 214 Å². The van der Waals surface area contributed by atoms with Crippen molar-refractivity contribution in [3.05, 3.63) is 53.6 Å². The molecule has 0 saturated carbocycles. The van der Waals surface area contributed by atoms with Gasteiger partial charge in [0.25, 0.3) is 0 Å². The number of likely N-dealkylation sites (tertiary alicyclic amines) is 1. The van der Waals surface area contributed by atoms with Gasteiger partial charge in [-0.2, -0.15) is 0 Å². The Balaban J connectivity index is 1.37. The number of rotatable bonds is 11. The molecule has 2 aromatic rings. The van der Waals surface area contributed by atoms with Crippen molar-refractivity contribution in [2.24, 2.45) is 0 Å². The van der Waals surface area contributed by atoms with Gasteiger partial charge in [0.1, 0.15) is 19.0 Å². The monoisotopic (exact) mass is 494 g/mol. The Kier molecular flexibility index (Phi) is 8.86. The molecule has 7 heteroatoms. The van der Waals surface area contributed by atoms with E-state index in [9.17, 15) is 9.59 Å². The first-order valence-electron chi connectivity index (χ1n) is 13.1. The van der Waals surface area contributed by atoms with E-state index in [1.807, 2.05) is 26.0 Å². The summed E-state index contributed by atoms with van der Waals surface area (Å²) in [6.07, 6.45) is 2.79. The lowest BCUT2D eigenvalue weighted by Crippen LogP contribution is -2.46. The molecular weight excluding hydrogens is 456 g/mol. The van der Waals surface area contributed by atoms with Crippen molar-refractivity contribution in [1.29, 1.82) is 0 Å². The number of carbonyl (C=O) groups excluding carboxylic acids is 2. The Hall–Kier alpha value is -3.06. The van der Waals surface area contributed by atoms with Crippen molar-refractivity contribution in [2.45, 2.75) is 64.5 Å². The van der Waals surface area contributed by atoms with Gasteiger partial charge in [0.15, 0.2) is 17.3 Å². The van der Waals surface area contributed by atoms with Crippen molar-refractivity contribution in [1.82, 2.24) is 10.2 Å². The van der Waals surface area contributed by atoms with Crippen LogP contribution in [0.15, 0.2) is 42.5 Å². The van der Waals surface area contributed by atoms with Crippen molar-refractivity contribution >= 4 is 11.7 Å². The Morgan fingerprint density at radius 3 is 2.33 bits per heavy atom. The molecule has 1 amide bonds. The molecule has 2 atom stereocenters. The first-order valence-corrected chi connectivity index (χ1v) is 13.1. The molecule has 2 heterocycles. The van der Waals surface area contributed by atoms with Gasteiger partial charge in [-0.05, 0) is 81.7 Å². The van der Waals surface area contributed by atoms with E-state index in [1.54, 1.807) is 24.3 Å². The number of fused-ring (bicyclic) bond motifs is 1. The lowest BCUT2D eigenvalue weighted by Gasteiger charge is -2.30. The van der Waals surface area contributed by atoms with E-state index in [-0.39, 0.29) is 42.6 Å². The van der Waals surface area contributed by atoms with Crippen LogP contribution in [0.3, 0.4) is 0 Å². The predicted molar refractivity (Wildman–Crippen MR) is 139 cm³/mol. The van der Waals surface area contributed by atoms with Crippen LogP contribution in [0.4, 0.5) is 0 Å². The molecule has 0 spiro atoms. The Morgan fingerprint density at radius 1 is 0.944 bits per heavy atom. The highest BCUT2D eigenvalue weighted by Crippen LogP contribution is 2.34. The summed E-state index contributed by atoms with van der Waals surface area (Å²) in [5.41, 5.74) is 1.70. The molecule has 0 bridgehead atoms. The largest absolute Gasteiger partial charge is 0.491 e. The number of ketones is 1. The summed E-state index contributed by atoms with van der Waals surface area (Å²) >= 11 is 0. The lowest BCUT2D eigenvalue weighted by molar-refractivity contribution is -0.122. The van der Waals surface area contributed by atoms with Crippen LogP contribution < -0.4 is 19.5 Å². The standard InChI is InChI=1S/C29H38N2O5/c1-20(2)36-24-9-6-22(7-10-24)26(32)11-13-29(33)30-25(19-31-14-4-5-15-31)21(3)23-8-12-27-28(18-23)35-17-16-34-27/h6-10,12,18,20-21,25H,4-5,11,13-17,19H2,1-3H3,(H,30,33)/t21?,25-/m1/s1. The van der Waals surface area contributed by atoms with E-state index in [0.717, 1.165) is 42.4 Å². The van der Waals surface area contributed by atoms with Gasteiger partial charge in [-0.1, -0.05) is 13.0 Å². The minimum Gasteiger partial charge on any atom is -0.491 e. The SMILES string of the molecule is CC(C)Oc1ccc(C(=O)CCC(=O)N[C@H](CN2CCCC2)C(C)c2ccc3c(c2)OCCO3)cc1. The summed E-state index contributed by atoms with van der Waals surface area (Å²) in [6, 6.07) is 13.1. The molecule has 0 aliphatic carbocycles. The number of carbonyl (C=O) groups is 2. The summed E-state index contributed by atoms with van der Waals surface area (Å²) in [7, 11) is 0. The maximum Gasteiger partial charge on any atom is 0.220 e. The van der Waals surface area contributed by atoms with E-state index >= 15 is 0 Å². The fraction of sp³-hybridized carbons (Fsp3) is 0.517. The number of hydrogen-bond donors (Lipinski definition) is 1. The van der Waals surface area contributed by atoms with Crippen molar-refractivity contribution in [3.63, 3.8) is 0 Å². The molecule has 7 nitrogen and oxygen atoms in total. The van der Waals surface area contributed by atoms with E-state index in [2.05, 4.69) is 23.2 Å². The smallest absolute Gasteiger partial charge is 0.220 e. The van der Waals surface area contributed by atoms with E-state index in [1.165, 1.54) is 12.8 Å². The number of benzene rings is 2. The van der Waals surface area contributed by atoms with E-state index < -0.39 is 0 Å². The number of Topliss-reactive ketones (excluding diaryl/α,β-unsaturated/α-hetero) is 1. The minimum absolute atomic E-state index is 0.0442. The van der Waals surface area contributed by atoms with Gasteiger partial charge in [0, 0.05) is 36.9 Å². The van der Waals surface area contributed by atoms with Gasteiger partial charge in [-0.25, -0.2) is 0 Å². The van der Waals surface area contributed by atoms with Gasteiger partial charge < -0.3 is 24.4 Å². The molecule has 4 rings (SSSR count). The molecule has 2 aliphatic rings. The first kappa shape index (κ1) is 26.0. The van der Waals surface area contributed by atoms with Crippen LogP contribution in [0.2, 0.25) is 0 Å². The lowest BCUT2D eigenvalue weighted by atomic mass is 9.92.